The molecule has 1 aromatic heterocycles. The molecule has 10 heteroatoms. The van der Waals surface area contributed by atoms with E-state index in [1.807, 2.05) is 12.1 Å². The average molecular weight is 450 g/mol. The summed E-state index contributed by atoms with van der Waals surface area (Å²) in [7, 11) is 0. The number of morpholine rings is 1. The van der Waals surface area contributed by atoms with Crippen molar-refractivity contribution in [3.8, 4) is 5.69 Å². The van der Waals surface area contributed by atoms with Gasteiger partial charge in [0.15, 0.2) is 0 Å². The topological polar surface area (TPSA) is 115 Å². The Balaban J connectivity index is 1.37. The van der Waals surface area contributed by atoms with Gasteiger partial charge < -0.3 is 10.1 Å². The number of nitrogens with one attached hydrogen (secondary N) is 1. The van der Waals surface area contributed by atoms with Crippen molar-refractivity contribution >= 4 is 11.6 Å². The van der Waals surface area contributed by atoms with Crippen molar-refractivity contribution in [1.29, 1.82) is 0 Å². The quantitative estimate of drug-likeness (QED) is 0.435. The number of amides is 1. The first kappa shape index (κ1) is 22.6. The Morgan fingerprint density at radius 3 is 2.48 bits per heavy atom. The fourth-order valence-corrected chi connectivity index (χ4v) is 4.06. The molecule has 0 aliphatic carbocycles. The maximum Gasteiger partial charge on any atom is 0.295 e. The van der Waals surface area contributed by atoms with Crippen LogP contribution < -0.4 is 5.32 Å². The molecule has 4 rings (SSSR count). The van der Waals surface area contributed by atoms with Gasteiger partial charge in [0.2, 0.25) is 0 Å². The van der Waals surface area contributed by atoms with Gasteiger partial charge in [-0.2, -0.15) is 5.10 Å². The molecule has 2 atom stereocenters. The number of hydrogen-bond donors (Lipinski definition) is 1. The molecule has 1 amide bonds. The Kier molecular flexibility index (Phi) is 6.76. The van der Waals surface area contributed by atoms with Gasteiger partial charge in [-0.3, -0.25) is 19.8 Å². The van der Waals surface area contributed by atoms with Crippen LogP contribution in [0.5, 0.6) is 0 Å². The number of benzene rings is 2. The Morgan fingerprint density at radius 1 is 1.15 bits per heavy atom. The van der Waals surface area contributed by atoms with E-state index in [4.69, 9.17) is 4.74 Å². The maximum absolute atomic E-state index is 12.6. The van der Waals surface area contributed by atoms with Gasteiger partial charge in [-0.15, -0.1) is 0 Å². The lowest BCUT2D eigenvalue weighted by molar-refractivity contribution is -0.384. The van der Waals surface area contributed by atoms with Crippen LogP contribution in [-0.2, 0) is 17.8 Å². The molecule has 0 saturated carbocycles. The number of carbonyl (C=O) groups is 1. The van der Waals surface area contributed by atoms with Crippen LogP contribution in [0.15, 0.2) is 55.1 Å². The molecule has 33 heavy (non-hydrogen) atoms. The number of ether oxygens (including phenoxy) is 1. The van der Waals surface area contributed by atoms with E-state index in [2.05, 4.69) is 46.3 Å². The maximum atomic E-state index is 12.6. The number of nitro benzene ring substituents is 1. The summed E-state index contributed by atoms with van der Waals surface area (Å²) in [6.07, 6.45) is 3.11. The second-order valence-electron chi connectivity index (χ2n) is 8.25. The van der Waals surface area contributed by atoms with Crippen molar-refractivity contribution in [1.82, 2.24) is 25.0 Å². The molecule has 1 fully saturated rings. The Labute approximate surface area is 191 Å². The third kappa shape index (κ3) is 5.60. The standard InChI is InChI=1S/C23H26N6O4/c1-16-11-27(12-17(2)33-16)13-19-5-3-18(4-6-19)10-25-23(30)20-7-8-21(22(9-20)29(31)32)28-15-24-14-26-28/h3-9,14-17H,10-13H2,1-2H3,(H,25,30). The predicted octanol–water partition coefficient (Wildman–Crippen LogP) is 2.71. The van der Waals surface area contributed by atoms with E-state index in [0.29, 0.717) is 6.54 Å². The molecule has 1 N–H and O–H groups in total. The minimum atomic E-state index is -0.539. The molecular formula is C23H26N6O4. The minimum Gasteiger partial charge on any atom is -0.373 e. The van der Waals surface area contributed by atoms with Gasteiger partial charge in [0.05, 0.1) is 17.1 Å². The zero-order valence-corrected chi connectivity index (χ0v) is 18.5. The molecule has 0 radical (unpaired) electrons. The van der Waals surface area contributed by atoms with Crippen molar-refractivity contribution in [3.63, 3.8) is 0 Å². The van der Waals surface area contributed by atoms with Crippen molar-refractivity contribution in [2.24, 2.45) is 0 Å². The highest BCUT2D eigenvalue weighted by molar-refractivity contribution is 5.95. The van der Waals surface area contributed by atoms with Gasteiger partial charge in [-0.1, -0.05) is 24.3 Å². The summed E-state index contributed by atoms with van der Waals surface area (Å²) in [6, 6.07) is 12.4. The molecule has 2 heterocycles. The zero-order chi connectivity index (χ0) is 23.4. The molecule has 0 spiro atoms. The Bertz CT molecular complexity index is 1110. The first-order chi connectivity index (χ1) is 15.9. The van der Waals surface area contributed by atoms with Gasteiger partial charge in [0.25, 0.3) is 11.6 Å². The van der Waals surface area contributed by atoms with Gasteiger partial charge in [-0.05, 0) is 37.1 Å². The van der Waals surface area contributed by atoms with Crippen LogP contribution in [-0.4, -0.2) is 55.8 Å². The zero-order valence-electron chi connectivity index (χ0n) is 18.5. The highest BCUT2D eigenvalue weighted by atomic mass is 16.6. The van der Waals surface area contributed by atoms with Crippen LogP contribution in [0.25, 0.3) is 5.69 Å². The lowest BCUT2D eigenvalue weighted by atomic mass is 10.1. The van der Waals surface area contributed by atoms with Crippen LogP contribution in [0.2, 0.25) is 0 Å². The lowest BCUT2D eigenvalue weighted by Crippen LogP contribution is -2.44. The molecule has 1 aliphatic rings. The van der Waals surface area contributed by atoms with Crippen molar-refractivity contribution in [3.05, 3.63) is 81.9 Å². The summed E-state index contributed by atoms with van der Waals surface area (Å²) >= 11 is 0. The first-order valence-electron chi connectivity index (χ1n) is 10.8. The molecule has 172 valence electrons. The van der Waals surface area contributed by atoms with E-state index >= 15 is 0 Å². The number of rotatable bonds is 7. The van der Waals surface area contributed by atoms with E-state index in [9.17, 15) is 14.9 Å². The summed E-state index contributed by atoms with van der Waals surface area (Å²) in [5, 5.41) is 18.2. The third-order valence-electron chi connectivity index (χ3n) is 5.48. The van der Waals surface area contributed by atoms with E-state index in [1.165, 1.54) is 41.1 Å². The van der Waals surface area contributed by atoms with E-state index in [-0.39, 0.29) is 35.1 Å². The SMILES string of the molecule is CC1CN(Cc2ccc(CNC(=O)c3ccc(-n4cncn4)c([N+](=O)[O-])c3)cc2)CC(C)O1. The molecule has 3 aromatic rings. The summed E-state index contributed by atoms with van der Waals surface area (Å²) in [6.45, 7) is 7.17. The fourth-order valence-electron chi connectivity index (χ4n) is 4.06. The van der Waals surface area contributed by atoms with E-state index in [1.54, 1.807) is 0 Å². The number of hydrogen-bond acceptors (Lipinski definition) is 7. The first-order valence-corrected chi connectivity index (χ1v) is 10.8. The van der Waals surface area contributed by atoms with Crippen LogP contribution in [0, 0.1) is 10.1 Å². The summed E-state index contributed by atoms with van der Waals surface area (Å²) < 4.78 is 7.07. The van der Waals surface area contributed by atoms with Gasteiger partial charge >= 0.3 is 0 Å². The minimum absolute atomic E-state index is 0.206. The molecule has 10 nitrogen and oxygen atoms in total. The second kappa shape index (κ2) is 9.88. The monoisotopic (exact) mass is 450 g/mol. The molecule has 2 aromatic carbocycles. The van der Waals surface area contributed by atoms with Gasteiger partial charge in [0.1, 0.15) is 18.3 Å². The van der Waals surface area contributed by atoms with Gasteiger partial charge in [-0.25, -0.2) is 9.67 Å². The van der Waals surface area contributed by atoms with Gasteiger partial charge in [0, 0.05) is 37.8 Å². The van der Waals surface area contributed by atoms with Crippen LogP contribution in [0.1, 0.15) is 35.3 Å². The van der Waals surface area contributed by atoms with Crippen molar-refractivity contribution < 1.29 is 14.5 Å². The smallest absolute Gasteiger partial charge is 0.295 e. The second-order valence-corrected chi connectivity index (χ2v) is 8.25. The summed E-state index contributed by atoms with van der Waals surface area (Å²) in [4.78, 5) is 29.7. The molecule has 2 unspecified atom stereocenters. The number of nitrogens with zero attached hydrogens (tertiary/aromatic N) is 5. The fraction of sp³-hybridized carbons (Fsp3) is 0.348. The summed E-state index contributed by atoms with van der Waals surface area (Å²) in [5.41, 5.74) is 2.38. The molecule has 0 bridgehead atoms. The summed E-state index contributed by atoms with van der Waals surface area (Å²) in [5.74, 6) is -0.386. The number of carbonyl (C=O) groups excluding carboxylic acids is 1. The molecule has 1 saturated heterocycles. The Morgan fingerprint density at radius 2 is 1.85 bits per heavy atom. The van der Waals surface area contributed by atoms with Crippen LogP contribution in [0.3, 0.4) is 0 Å². The largest absolute Gasteiger partial charge is 0.373 e. The van der Waals surface area contributed by atoms with Crippen molar-refractivity contribution in [2.45, 2.75) is 39.1 Å². The third-order valence-corrected chi connectivity index (χ3v) is 5.48. The highest BCUT2D eigenvalue weighted by Gasteiger charge is 2.22. The highest BCUT2D eigenvalue weighted by Crippen LogP contribution is 2.23. The van der Waals surface area contributed by atoms with Crippen LogP contribution in [0.4, 0.5) is 5.69 Å². The predicted molar refractivity (Wildman–Crippen MR) is 121 cm³/mol. The number of nitro groups is 1. The van der Waals surface area contributed by atoms with Crippen LogP contribution >= 0.6 is 0 Å². The lowest BCUT2D eigenvalue weighted by Gasteiger charge is -2.35. The average Bonchev–Trinajstić information content (AvgIpc) is 3.32. The normalized spacial score (nSPS) is 18.7. The van der Waals surface area contributed by atoms with E-state index < -0.39 is 4.92 Å². The van der Waals surface area contributed by atoms with Crippen molar-refractivity contribution in [2.75, 3.05) is 13.1 Å². The molecule has 1 aliphatic heterocycles. The molecular weight excluding hydrogens is 424 g/mol. The Hall–Kier alpha value is -3.63. The van der Waals surface area contributed by atoms with E-state index in [0.717, 1.165) is 25.2 Å². The number of aromatic nitrogens is 3.